The van der Waals surface area contributed by atoms with E-state index in [0.717, 1.165) is 31.0 Å². The Morgan fingerprint density at radius 2 is 1.90 bits per heavy atom. The van der Waals surface area contributed by atoms with Gasteiger partial charge in [-0.25, -0.2) is 10.9 Å². The second-order valence-corrected chi connectivity index (χ2v) is 4.41. The predicted molar refractivity (Wildman–Crippen MR) is 75.6 cm³/mol. The third kappa shape index (κ3) is 4.21. The van der Waals surface area contributed by atoms with Gasteiger partial charge in [-0.05, 0) is 12.5 Å². The van der Waals surface area contributed by atoms with Crippen molar-refractivity contribution in [3.05, 3.63) is 38.4 Å². The zero-order chi connectivity index (χ0) is 16.0. The number of carbonyl (C=O) groups is 1. The van der Waals surface area contributed by atoms with Gasteiger partial charge in [0.1, 0.15) is 5.69 Å². The fourth-order valence-corrected chi connectivity index (χ4v) is 1.76. The molecule has 0 aromatic heterocycles. The highest BCUT2D eigenvalue weighted by Crippen LogP contribution is 2.31. The second-order valence-electron chi connectivity index (χ2n) is 4.41. The molecule has 1 aromatic carbocycles. The Bertz CT molecular complexity index is 561. The molecule has 0 spiro atoms. The summed E-state index contributed by atoms with van der Waals surface area (Å²) in [5.41, 5.74) is -1.17. The Balaban J connectivity index is 3.03. The minimum absolute atomic E-state index is 0.160. The van der Waals surface area contributed by atoms with Crippen molar-refractivity contribution in [1.82, 2.24) is 0 Å². The Labute approximate surface area is 120 Å². The zero-order valence-corrected chi connectivity index (χ0v) is 11.5. The minimum atomic E-state index is -0.804. The number of amides is 1. The van der Waals surface area contributed by atoms with E-state index < -0.39 is 27.1 Å². The highest BCUT2D eigenvalue weighted by Gasteiger charge is 2.25. The van der Waals surface area contributed by atoms with Gasteiger partial charge in [-0.2, -0.15) is 0 Å². The second kappa shape index (κ2) is 7.29. The quantitative estimate of drug-likeness (QED) is 0.270. The van der Waals surface area contributed by atoms with Crippen LogP contribution < -0.4 is 10.9 Å². The average Bonchev–Trinajstić information content (AvgIpc) is 2.45. The van der Waals surface area contributed by atoms with E-state index in [2.05, 4.69) is 0 Å². The van der Waals surface area contributed by atoms with Crippen LogP contribution >= 0.6 is 0 Å². The number of nitro benzene ring substituents is 2. The van der Waals surface area contributed by atoms with Crippen LogP contribution in [-0.4, -0.2) is 15.8 Å². The Morgan fingerprint density at radius 3 is 2.43 bits per heavy atom. The third-order valence-electron chi connectivity index (χ3n) is 2.89. The molecule has 0 unspecified atom stereocenters. The molecule has 114 valence electrons. The molecule has 1 rings (SSSR count). The number of nitrogens with zero attached hydrogens (tertiary/aromatic N) is 3. The molecular weight excluding hydrogens is 280 g/mol. The molecule has 0 heterocycles. The van der Waals surface area contributed by atoms with Gasteiger partial charge >= 0.3 is 5.69 Å². The molecule has 1 amide bonds. The van der Waals surface area contributed by atoms with Crippen molar-refractivity contribution >= 4 is 23.0 Å². The van der Waals surface area contributed by atoms with Crippen LogP contribution in [0.5, 0.6) is 0 Å². The summed E-state index contributed by atoms with van der Waals surface area (Å²) in [7, 11) is 0. The first-order valence-corrected chi connectivity index (χ1v) is 6.39. The smallest absolute Gasteiger partial charge is 0.273 e. The lowest BCUT2D eigenvalue weighted by Gasteiger charge is -2.16. The van der Waals surface area contributed by atoms with Gasteiger partial charge in [0.05, 0.1) is 15.9 Å². The number of hydrogen-bond acceptors (Lipinski definition) is 6. The SMILES string of the molecule is CCCCCC(=O)N(N)c1ccc([N+](=O)[O-])cc1[N+](=O)[O-]. The van der Waals surface area contributed by atoms with Crippen molar-refractivity contribution in [1.29, 1.82) is 0 Å². The van der Waals surface area contributed by atoms with Crippen molar-refractivity contribution in [3.8, 4) is 0 Å². The summed E-state index contributed by atoms with van der Waals surface area (Å²) in [5, 5.41) is 22.3. The van der Waals surface area contributed by atoms with E-state index in [-0.39, 0.29) is 12.1 Å². The van der Waals surface area contributed by atoms with Crippen LogP contribution in [0.25, 0.3) is 0 Å². The number of carbonyl (C=O) groups excluding carboxylic acids is 1. The number of non-ortho nitro benzene ring substituents is 1. The number of nitrogens with two attached hydrogens (primary N) is 1. The number of nitro groups is 2. The summed E-state index contributed by atoms with van der Waals surface area (Å²) < 4.78 is 0. The molecule has 9 heteroatoms. The number of unbranched alkanes of at least 4 members (excludes halogenated alkanes) is 2. The van der Waals surface area contributed by atoms with Gasteiger partial charge in [0.15, 0.2) is 0 Å². The summed E-state index contributed by atoms with van der Waals surface area (Å²) in [4.78, 5) is 31.9. The van der Waals surface area contributed by atoms with Crippen LogP contribution in [0.2, 0.25) is 0 Å². The fraction of sp³-hybridized carbons (Fsp3) is 0.417. The first kappa shape index (κ1) is 16.5. The lowest BCUT2D eigenvalue weighted by molar-refractivity contribution is -0.393. The molecule has 0 fully saturated rings. The summed E-state index contributed by atoms with van der Waals surface area (Å²) in [6, 6.07) is 2.96. The maximum Gasteiger partial charge on any atom is 0.301 e. The van der Waals surface area contributed by atoms with Crippen LogP contribution in [0.4, 0.5) is 17.1 Å². The van der Waals surface area contributed by atoms with Gasteiger partial charge in [0.25, 0.3) is 5.69 Å². The largest absolute Gasteiger partial charge is 0.301 e. The zero-order valence-electron chi connectivity index (χ0n) is 11.5. The van der Waals surface area contributed by atoms with Crippen molar-refractivity contribution in [2.24, 2.45) is 5.84 Å². The van der Waals surface area contributed by atoms with Crippen molar-refractivity contribution in [2.75, 3.05) is 5.01 Å². The van der Waals surface area contributed by atoms with E-state index >= 15 is 0 Å². The van der Waals surface area contributed by atoms with E-state index in [9.17, 15) is 25.0 Å². The van der Waals surface area contributed by atoms with Crippen LogP contribution in [0.3, 0.4) is 0 Å². The Kier molecular flexibility index (Phi) is 5.73. The van der Waals surface area contributed by atoms with Crippen LogP contribution in [0, 0.1) is 20.2 Å². The average molecular weight is 296 g/mol. The van der Waals surface area contributed by atoms with Gasteiger partial charge in [-0.3, -0.25) is 25.0 Å². The topological polar surface area (TPSA) is 133 Å². The van der Waals surface area contributed by atoms with E-state index in [1.54, 1.807) is 0 Å². The van der Waals surface area contributed by atoms with E-state index in [0.29, 0.717) is 11.4 Å². The molecule has 0 saturated heterocycles. The Morgan fingerprint density at radius 1 is 1.24 bits per heavy atom. The number of benzene rings is 1. The van der Waals surface area contributed by atoms with E-state index in [4.69, 9.17) is 5.84 Å². The molecule has 21 heavy (non-hydrogen) atoms. The fourth-order valence-electron chi connectivity index (χ4n) is 1.76. The maximum absolute atomic E-state index is 11.9. The first-order chi connectivity index (χ1) is 9.88. The normalized spacial score (nSPS) is 10.2. The Hall–Kier alpha value is -2.55. The van der Waals surface area contributed by atoms with Crippen molar-refractivity contribution in [3.63, 3.8) is 0 Å². The van der Waals surface area contributed by atoms with Crippen molar-refractivity contribution in [2.45, 2.75) is 32.6 Å². The van der Waals surface area contributed by atoms with E-state index in [1.807, 2.05) is 6.92 Å². The monoisotopic (exact) mass is 296 g/mol. The molecule has 0 aliphatic heterocycles. The molecule has 1 aromatic rings. The number of hydrazine groups is 1. The highest BCUT2D eigenvalue weighted by atomic mass is 16.6. The molecule has 0 bridgehead atoms. The summed E-state index contributed by atoms with van der Waals surface area (Å²) in [6.07, 6.45) is 2.57. The van der Waals surface area contributed by atoms with Gasteiger partial charge in [-0.15, -0.1) is 0 Å². The molecule has 0 aliphatic rings. The maximum atomic E-state index is 11.9. The third-order valence-corrected chi connectivity index (χ3v) is 2.89. The first-order valence-electron chi connectivity index (χ1n) is 6.39. The van der Waals surface area contributed by atoms with Crippen LogP contribution in [0.15, 0.2) is 18.2 Å². The lowest BCUT2D eigenvalue weighted by Crippen LogP contribution is -2.37. The minimum Gasteiger partial charge on any atom is -0.273 e. The van der Waals surface area contributed by atoms with Gasteiger partial charge in [0, 0.05) is 12.5 Å². The molecule has 0 radical (unpaired) electrons. The molecule has 0 aliphatic carbocycles. The van der Waals surface area contributed by atoms with Gasteiger partial charge in [-0.1, -0.05) is 19.8 Å². The number of anilines is 1. The molecule has 2 N–H and O–H groups in total. The summed E-state index contributed by atoms with van der Waals surface area (Å²) in [5.74, 6) is 5.12. The van der Waals surface area contributed by atoms with Crippen molar-refractivity contribution < 1.29 is 14.6 Å². The highest BCUT2D eigenvalue weighted by molar-refractivity contribution is 5.94. The summed E-state index contributed by atoms with van der Waals surface area (Å²) in [6.45, 7) is 1.98. The van der Waals surface area contributed by atoms with Gasteiger partial charge < -0.3 is 0 Å². The van der Waals surface area contributed by atoms with E-state index in [1.165, 1.54) is 0 Å². The molecular formula is C12H16N4O5. The molecule has 9 nitrogen and oxygen atoms in total. The lowest BCUT2D eigenvalue weighted by atomic mass is 10.2. The van der Waals surface area contributed by atoms with Crippen LogP contribution in [0.1, 0.15) is 32.6 Å². The standard InChI is InChI=1S/C12H16N4O5/c1-2-3-4-5-12(17)14(13)10-7-6-9(15(18)19)8-11(10)16(20)21/h6-8H,2-5,13H2,1H3. The van der Waals surface area contributed by atoms with Crippen LogP contribution in [-0.2, 0) is 4.79 Å². The molecule has 0 atom stereocenters. The predicted octanol–water partition coefficient (Wildman–Crippen LogP) is 2.29. The van der Waals surface area contributed by atoms with Gasteiger partial charge in [0.2, 0.25) is 5.91 Å². The number of hydrogen-bond donors (Lipinski definition) is 1. The molecule has 0 saturated carbocycles. The summed E-state index contributed by atoms with van der Waals surface area (Å²) >= 11 is 0. The number of rotatable bonds is 7.